The first-order chi connectivity index (χ1) is 17.5. The zero-order valence-corrected chi connectivity index (χ0v) is 20.6. The minimum absolute atomic E-state index is 0.192. The van der Waals surface area contributed by atoms with Crippen LogP contribution in [-0.4, -0.2) is 36.8 Å². The molecule has 3 N–H and O–H groups in total. The molecule has 1 unspecified atom stereocenters. The van der Waals surface area contributed by atoms with Gasteiger partial charge in [0.15, 0.2) is 5.65 Å². The lowest BCUT2D eigenvalue weighted by atomic mass is 10.0. The third-order valence-corrected chi connectivity index (χ3v) is 5.60. The van der Waals surface area contributed by atoms with Crippen molar-refractivity contribution in [2.24, 2.45) is 0 Å². The number of amides is 1. The summed E-state index contributed by atoms with van der Waals surface area (Å²) in [6, 6.07) is 17.5. The molecule has 0 radical (unpaired) electrons. The highest BCUT2D eigenvalue weighted by Gasteiger charge is 2.25. The van der Waals surface area contributed by atoms with Gasteiger partial charge in [-0.2, -0.15) is 0 Å². The van der Waals surface area contributed by atoms with Gasteiger partial charge in [-0.25, -0.2) is 4.98 Å². The summed E-state index contributed by atoms with van der Waals surface area (Å²) in [6.45, 7) is 6.06. The largest absolute Gasteiger partial charge is 0.481 e. The van der Waals surface area contributed by atoms with Crippen molar-refractivity contribution < 1.29 is 19.6 Å². The van der Waals surface area contributed by atoms with E-state index in [0.717, 1.165) is 5.56 Å². The molecule has 2 heterocycles. The van der Waals surface area contributed by atoms with Crippen molar-refractivity contribution in [3.05, 3.63) is 94.2 Å². The average molecular weight is 502 g/mol. The first kappa shape index (κ1) is 25.4. The van der Waals surface area contributed by atoms with E-state index >= 15 is 0 Å². The minimum atomic E-state index is -1.15. The van der Waals surface area contributed by atoms with E-state index in [9.17, 15) is 24.8 Å². The fourth-order valence-electron chi connectivity index (χ4n) is 4.03. The molecule has 1 atom stereocenters. The molecular formula is C27H27N5O5. The number of hydrogen-bond acceptors (Lipinski definition) is 6. The minimum Gasteiger partial charge on any atom is -0.481 e. The molecule has 190 valence electrons. The monoisotopic (exact) mass is 501 g/mol. The van der Waals surface area contributed by atoms with Crippen LogP contribution in [0.15, 0.2) is 72.9 Å². The Morgan fingerprint density at radius 1 is 1.08 bits per heavy atom. The van der Waals surface area contributed by atoms with E-state index in [1.807, 2.05) is 51.1 Å². The van der Waals surface area contributed by atoms with E-state index in [2.05, 4.69) is 10.6 Å². The van der Waals surface area contributed by atoms with E-state index in [-0.39, 0.29) is 16.8 Å². The van der Waals surface area contributed by atoms with E-state index in [1.165, 1.54) is 18.2 Å². The maximum absolute atomic E-state index is 13.5. The Kier molecular flexibility index (Phi) is 6.92. The molecule has 0 saturated heterocycles. The van der Waals surface area contributed by atoms with Crippen LogP contribution in [0.2, 0.25) is 0 Å². The van der Waals surface area contributed by atoms with Crippen LogP contribution in [-0.2, 0) is 4.79 Å². The van der Waals surface area contributed by atoms with Gasteiger partial charge in [0.1, 0.15) is 11.5 Å². The molecule has 2 aromatic carbocycles. The third-order valence-electron chi connectivity index (χ3n) is 5.60. The van der Waals surface area contributed by atoms with Crippen molar-refractivity contribution in [3.63, 3.8) is 0 Å². The van der Waals surface area contributed by atoms with Crippen molar-refractivity contribution in [1.29, 1.82) is 0 Å². The number of nitro benzene ring substituents is 1. The van der Waals surface area contributed by atoms with E-state index < -0.39 is 29.3 Å². The molecule has 0 saturated carbocycles. The number of imidazole rings is 1. The van der Waals surface area contributed by atoms with Gasteiger partial charge in [-0.05, 0) is 38.5 Å². The predicted molar refractivity (Wildman–Crippen MR) is 140 cm³/mol. The Morgan fingerprint density at radius 2 is 1.81 bits per heavy atom. The van der Waals surface area contributed by atoms with Crippen LogP contribution in [0.25, 0.3) is 16.9 Å². The standard InChI is InChI=1S/C27H27N5O5/c1-27(2,3)30-25-23(17-9-5-4-6-10-17)29-24-20(13-8-14-31(24)25)26(35)28-21(16-22(33)34)18-11-7-12-19(15-18)32(36)37/h4-15,21,30H,16H2,1-3H3,(H,28,35)(H,33,34). The summed E-state index contributed by atoms with van der Waals surface area (Å²) in [5.41, 5.74) is 1.98. The number of nitro groups is 1. The summed E-state index contributed by atoms with van der Waals surface area (Å²) >= 11 is 0. The van der Waals surface area contributed by atoms with Crippen LogP contribution in [0, 0.1) is 10.1 Å². The number of hydrogen-bond donors (Lipinski definition) is 3. The highest BCUT2D eigenvalue weighted by molar-refractivity contribution is 6.01. The predicted octanol–water partition coefficient (Wildman–Crippen LogP) is 5.07. The quantitative estimate of drug-likeness (QED) is 0.226. The number of carboxylic acids is 1. The Morgan fingerprint density at radius 3 is 2.46 bits per heavy atom. The lowest BCUT2D eigenvalue weighted by Gasteiger charge is -2.22. The van der Waals surface area contributed by atoms with E-state index in [4.69, 9.17) is 4.98 Å². The number of carbonyl (C=O) groups is 2. The van der Waals surface area contributed by atoms with Crippen LogP contribution in [0.3, 0.4) is 0 Å². The van der Waals surface area contributed by atoms with Crippen molar-refractivity contribution in [1.82, 2.24) is 14.7 Å². The lowest BCUT2D eigenvalue weighted by Crippen LogP contribution is -2.30. The molecule has 2 aromatic heterocycles. The Balaban J connectivity index is 1.78. The molecule has 10 heteroatoms. The molecule has 10 nitrogen and oxygen atoms in total. The third kappa shape index (κ3) is 5.75. The number of anilines is 1. The fraction of sp³-hybridized carbons (Fsp3) is 0.222. The first-order valence-electron chi connectivity index (χ1n) is 11.6. The number of aromatic nitrogens is 2. The maximum Gasteiger partial charge on any atom is 0.305 e. The van der Waals surface area contributed by atoms with Gasteiger partial charge in [-0.1, -0.05) is 42.5 Å². The SMILES string of the molecule is CC(C)(C)Nc1c(-c2ccccc2)nc2c(C(=O)NC(CC(=O)O)c3cccc([N+](=O)[O-])c3)cccn12. The van der Waals surface area contributed by atoms with E-state index in [0.29, 0.717) is 22.7 Å². The molecule has 0 spiro atoms. The number of non-ortho nitro benzene ring substituents is 1. The maximum atomic E-state index is 13.5. The summed E-state index contributed by atoms with van der Waals surface area (Å²) < 4.78 is 1.79. The van der Waals surface area contributed by atoms with Crippen LogP contribution in [0.4, 0.5) is 11.5 Å². The Hall–Kier alpha value is -4.73. The normalized spacial score (nSPS) is 12.2. The van der Waals surface area contributed by atoms with Gasteiger partial charge in [0.2, 0.25) is 0 Å². The summed E-state index contributed by atoms with van der Waals surface area (Å²) in [7, 11) is 0. The molecule has 1 amide bonds. The number of nitrogens with zero attached hydrogens (tertiary/aromatic N) is 3. The number of carbonyl (C=O) groups excluding carboxylic acids is 1. The van der Waals surface area contributed by atoms with Gasteiger partial charge < -0.3 is 15.7 Å². The highest BCUT2D eigenvalue weighted by Crippen LogP contribution is 2.32. The molecular weight excluding hydrogens is 474 g/mol. The molecule has 0 aliphatic heterocycles. The van der Waals surface area contributed by atoms with Crippen LogP contribution in [0.5, 0.6) is 0 Å². The highest BCUT2D eigenvalue weighted by atomic mass is 16.6. The lowest BCUT2D eigenvalue weighted by molar-refractivity contribution is -0.384. The van der Waals surface area contributed by atoms with Gasteiger partial charge in [0, 0.05) is 29.4 Å². The summed E-state index contributed by atoms with van der Waals surface area (Å²) in [5.74, 6) is -0.988. The van der Waals surface area contributed by atoms with Gasteiger partial charge in [-0.3, -0.25) is 24.1 Å². The zero-order valence-electron chi connectivity index (χ0n) is 20.6. The molecule has 4 rings (SSSR count). The molecule has 0 aliphatic rings. The number of carboxylic acid groups (broad SMARTS) is 1. The summed E-state index contributed by atoms with van der Waals surface area (Å²) in [5, 5.41) is 26.9. The molecule has 37 heavy (non-hydrogen) atoms. The number of rotatable bonds is 8. The smallest absolute Gasteiger partial charge is 0.305 e. The molecule has 4 aromatic rings. The van der Waals surface area contributed by atoms with Crippen molar-refractivity contribution >= 4 is 29.0 Å². The van der Waals surface area contributed by atoms with Crippen LogP contribution >= 0.6 is 0 Å². The van der Waals surface area contributed by atoms with Crippen LogP contribution in [0.1, 0.15) is 49.2 Å². The van der Waals surface area contributed by atoms with Gasteiger partial charge in [0.25, 0.3) is 11.6 Å². The second-order valence-electron chi connectivity index (χ2n) is 9.64. The van der Waals surface area contributed by atoms with Gasteiger partial charge in [0.05, 0.1) is 22.9 Å². The van der Waals surface area contributed by atoms with Gasteiger partial charge >= 0.3 is 5.97 Å². The van der Waals surface area contributed by atoms with Crippen molar-refractivity contribution in [3.8, 4) is 11.3 Å². The van der Waals surface area contributed by atoms with Gasteiger partial charge in [-0.15, -0.1) is 0 Å². The molecule has 0 bridgehead atoms. The summed E-state index contributed by atoms with van der Waals surface area (Å²) in [4.78, 5) is 40.5. The van der Waals surface area contributed by atoms with Crippen LogP contribution < -0.4 is 10.6 Å². The zero-order chi connectivity index (χ0) is 26.7. The second-order valence-corrected chi connectivity index (χ2v) is 9.64. The molecule has 0 aliphatic carbocycles. The molecule has 0 fully saturated rings. The van der Waals surface area contributed by atoms with Crippen molar-refractivity contribution in [2.45, 2.75) is 38.8 Å². The Bertz CT molecular complexity index is 1470. The van der Waals surface area contributed by atoms with E-state index in [1.54, 1.807) is 28.8 Å². The Labute approximate surface area is 213 Å². The summed E-state index contributed by atoms with van der Waals surface area (Å²) in [6.07, 6.45) is 1.35. The second kappa shape index (κ2) is 10.1. The topological polar surface area (TPSA) is 139 Å². The van der Waals surface area contributed by atoms with Crippen molar-refractivity contribution in [2.75, 3.05) is 5.32 Å². The number of benzene rings is 2. The average Bonchev–Trinajstić information content (AvgIpc) is 3.21. The number of pyridine rings is 1. The number of fused-ring (bicyclic) bond motifs is 1. The fourth-order valence-corrected chi connectivity index (χ4v) is 4.03. The number of aliphatic carboxylic acids is 1. The first-order valence-corrected chi connectivity index (χ1v) is 11.6. The number of nitrogens with one attached hydrogen (secondary N) is 2.